The highest BCUT2D eigenvalue weighted by molar-refractivity contribution is 7.22. The van der Waals surface area contributed by atoms with Crippen LogP contribution in [0.25, 0.3) is 21.6 Å². The number of benzene rings is 2. The highest BCUT2D eigenvalue weighted by Gasteiger charge is 2.31. The molecule has 2 heterocycles. The van der Waals surface area contributed by atoms with E-state index in [2.05, 4.69) is 25.2 Å². The molecule has 6 nitrogen and oxygen atoms in total. The van der Waals surface area contributed by atoms with E-state index < -0.39 is 6.36 Å². The summed E-state index contributed by atoms with van der Waals surface area (Å²) in [7, 11) is 0. The number of carbonyl (C=O) groups excluding carboxylic acids is 1. The number of H-pyrrole nitrogens is 1. The van der Waals surface area contributed by atoms with Crippen LogP contribution in [0.5, 0.6) is 5.75 Å². The van der Waals surface area contributed by atoms with E-state index in [1.165, 1.54) is 35.6 Å². The Morgan fingerprint density at radius 3 is 2.46 bits per heavy atom. The van der Waals surface area contributed by atoms with Crippen LogP contribution in [-0.2, 0) is 0 Å². The van der Waals surface area contributed by atoms with Crippen molar-refractivity contribution < 1.29 is 22.7 Å². The topological polar surface area (TPSA) is 79.9 Å². The first-order valence-electron chi connectivity index (χ1n) is 7.96. The standard InChI is InChI=1S/C18H11F3N4O2S/c19-18(20,21)27-12-8-6-10(7-9-12)13-14-15(25-24-13)22-17(28-14)23-16(26)11-4-2-1-3-5-11/h1-9H,(H2,22,23,24,25,26). The second kappa shape index (κ2) is 6.97. The van der Waals surface area contributed by atoms with E-state index in [0.29, 0.717) is 32.3 Å². The Bertz CT molecular complexity index is 1120. The van der Waals surface area contributed by atoms with Crippen LogP contribution in [0.4, 0.5) is 18.3 Å². The lowest BCUT2D eigenvalue weighted by Gasteiger charge is -2.08. The van der Waals surface area contributed by atoms with E-state index in [0.717, 1.165) is 0 Å². The number of amides is 1. The number of alkyl halides is 3. The van der Waals surface area contributed by atoms with Crippen LogP contribution in [-0.4, -0.2) is 27.5 Å². The monoisotopic (exact) mass is 404 g/mol. The maximum Gasteiger partial charge on any atom is 0.573 e. The van der Waals surface area contributed by atoms with Crippen LogP contribution in [0.2, 0.25) is 0 Å². The highest BCUT2D eigenvalue weighted by atomic mass is 32.1. The number of nitrogens with one attached hydrogen (secondary N) is 2. The van der Waals surface area contributed by atoms with Gasteiger partial charge in [-0.1, -0.05) is 29.5 Å². The van der Waals surface area contributed by atoms with Gasteiger partial charge in [0.1, 0.15) is 16.1 Å². The van der Waals surface area contributed by atoms with Gasteiger partial charge in [0, 0.05) is 11.1 Å². The lowest BCUT2D eigenvalue weighted by molar-refractivity contribution is -0.274. The number of aromatic nitrogens is 3. The first-order chi connectivity index (χ1) is 13.4. The predicted octanol–water partition coefficient (Wildman–Crippen LogP) is 4.84. The zero-order valence-corrected chi connectivity index (χ0v) is 14.8. The molecule has 142 valence electrons. The second-order valence-electron chi connectivity index (χ2n) is 5.66. The lowest BCUT2D eigenvalue weighted by Crippen LogP contribution is -2.16. The van der Waals surface area contributed by atoms with E-state index in [1.54, 1.807) is 24.3 Å². The maximum absolute atomic E-state index is 12.3. The van der Waals surface area contributed by atoms with Gasteiger partial charge >= 0.3 is 6.36 Å². The summed E-state index contributed by atoms with van der Waals surface area (Å²) in [6.45, 7) is 0. The van der Waals surface area contributed by atoms with Gasteiger partial charge in [-0.25, -0.2) is 4.98 Å². The van der Waals surface area contributed by atoms with Gasteiger partial charge in [-0.3, -0.25) is 15.2 Å². The van der Waals surface area contributed by atoms with Crippen LogP contribution in [0.3, 0.4) is 0 Å². The molecule has 0 spiro atoms. The summed E-state index contributed by atoms with van der Waals surface area (Å²) >= 11 is 1.21. The van der Waals surface area contributed by atoms with E-state index in [4.69, 9.17) is 0 Å². The summed E-state index contributed by atoms with van der Waals surface area (Å²) in [6, 6.07) is 14.1. The van der Waals surface area contributed by atoms with Crippen LogP contribution in [0, 0.1) is 0 Å². The summed E-state index contributed by atoms with van der Waals surface area (Å²) in [5, 5.41) is 10.0. The van der Waals surface area contributed by atoms with Gasteiger partial charge in [-0.15, -0.1) is 13.2 Å². The molecule has 0 saturated heterocycles. The minimum Gasteiger partial charge on any atom is -0.406 e. The number of rotatable bonds is 4. The SMILES string of the molecule is O=C(Nc1nc2[nH]nc(-c3ccc(OC(F)(F)F)cc3)c2s1)c1ccccc1. The number of hydrogen-bond acceptors (Lipinski definition) is 5. The number of ether oxygens (including phenoxy) is 1. The molecule has 0 aliphatic rings. The average Bonchev–Trinajstić information content (AvgIpc) is 3.22. The summed E-state index contributed by atoms with van der Waals surface area (Å²) in [6.07, 6.45) is -4.75. The number of anilines is 1. The molecule has 2 aromatic carbocycles. The largest absolute Gasteiger partial charge is 0.573 e. The van der Waals surface area contributed by atoms with Crippen molar-refractivity contribution in [1.29, 1.82) is 0 Å². The number of nitrogens with zero attached hydrogens (tertiary/aromatic N) is 2. The van der Waals surface area contributed by atoms with E-state index in [9.17, 15) is 18.0 Å². The van der Waals surface area contributed by atoms with Gasteiger partial charge in [-0.2, -0.15) is 5.10 Å². The van der Waals surface area contributed by atoms with Crippen molar-refractivity contribution in [3.63, 3.8) is 0 Å². The number of hydrogen-bond donors (Lipinski definition) is 2. The normalized spacial score (nSPS) is 11.5. The van der Waals surface area contributed by atoms with Crippen molar-refractivity contribution >= 4 is 32.7 Å². The molecule has 0 aliphatic heterocycles. The van der Waals surface area contributed by atoms with Crippen molar-refractivity contribution in [2.75, 3.05) is 5.32 Å². The smallest absolute Gasteiger partial charge is 0.406 e. The third kappa shape index (κ3) is 3.81. The minimum atomic E-state index is -4.75. The number of thiazole rings is 1. The fourth-order valence-electron chi connectivity index (χ4n) is 2.54. The molecule has 0 atom stereocenters. The fourth-order valence-corrected chi connectivity index (χ4v) is 3.46. The Morgan fingerprint density at radius 1 is 1.07 bits per heavy atom. The van der Waals surface area contributed by atoms with Crippen molar-refractivity contribution in [2.45, 2.75) is 6.36 Å². The molecule has 28 heavy (non-hydrogen) atoms. The van der Waals surface area contributed by atoms with Crippen molar-refractivity contribution in [2.24, 2.45) is 0 Å². The molecule has 1 amide bonds. The van der Waals surface area contributed by atoms with Crippen molar-refractivity contribution in [3.8, 4) is 17.0 Å². The molecular formula is C18H11F3N4O2S. The first kappa shape index (κ1) is 18.0. The highest BCUT2D eigenvalue weighted by Crippen LogP contribution is 2.34. The molecule has 0 saturated carbocycles. The third-order valence-corrected chi connectivity index (χ3v) is 4.71. The summed E-state index contributed by atoms with van der Waals surface area (Å²) in [4.78, 5) is 16.5. The maximum atomic E-state index is 12.3. The minimum absolute atomic E-state index is 0.292. The fraction of sp³-hybridized carbons (Fsp3) is 0.0556. The molecule has 2 aromatic heterocycles. The molecule has 4 rings (SSSR count). The molecule has 0 bridgehead atoms. The molecular weight excluding hydrogens is 393 g/mol. The van der Waals surface area contributed by atoms with E-state index >= 15 is 0 Å². The number of halogens is 3. The van der Waals surface area contributed by atoms with Gasteiger partial charge in [0.15, 0.2) is 10.8 Å². The number of fused-ring (bicyclic) bond motifs is 1. The van der Waals surface area contributed by atoms with Crippen LogP contribution in [0.15, 0.2) is 54.6 Å². The van der Waals surface area contributed by atoms with Gasteiger partial charge in [0.05, 0.1) is 0 Å². The van der Waals surface area contributed by atoms with Gasteiger partial charge in [0.2, 0.25) is 0 Å². The Balaban J connectivity index is 1.57. The first-order valence-corrected chi connectivity index (χ1v) is 8.78. The Kier molecular flexibility index (Phi) is 4.47. The van der Waals surface area contributed by atoms with Crippen LogP contribution >= 0.6 is 11.3 Å². The molecule has 0 unspecified atom stereocenters. The molecule has 10 heteroatoms. The van der Waals surface area contributed by atoms with Gasteiger partial charge < -0.3 is 4.74 Å². The zero-order chi connectivity index (χ0) is 19.7. The lowest BCUT2D eigenvalue weighted by atomic mass is 10.1. The number of aromatic amines is 1. The Labute approximate surface area is 160 Å². The molecule has 0 aliphatic carbocycles. The number of carbonyl (C=O) groups is 1. The molecule has 0 fully saturated rings. The van der Waals surface area contributed by atoms with Crippen molar-refractivity contribution in [3.05, 3.63) is 60.2 Å². The third-order valence-electron chi connectivity index (χ3n) is 3.73. The second-order valence-corrected chi connectivity index (χ2v) is 6.66. The zero-order valence-electron chi connectivity index (χ0n) is 13.9. The quantitative estimate of drug-likeness (QED) is 0.510. The Morgan fingerprint density at radius 2 is 1.79 bits per heavy atom. The van der Waals surface area contributed by atoms with Crippen molar-refractivity contribution in [1.82, 2.24) is 15.2 Å². The predicted molar refractivity (Wildman–Crippen MR) is 98.3 cm³/mol. The summed E-state index contributed by atoms with van der Waals surface area (Å²) in [5.41, 5.74) is 2.08. The molecule has 0 radical (unpaired) electrons. The average molecular weight is 404 g/mol. The van der Waals surface area contributed by atoms with E-state index in [1.807, 2.05) is 6.07 Å². The Hall–Kier alpha value is -3.40. The van der Waals surface area contributed by atoms with Gasteiger partial charge in [0.25, 0.3) is 5.91 Å². The summed E-state index contributed by atoms with van der Waals surface area (Å²) < 4.78 is 41.4. The molecule has 2 N–H and O–H groups in total. The van der Waals surface area contributed by atoms with Gasteiger partial charge in [-0.05, 0) is 36.4 Å². The van der Waals surface area contributed by atoms with Crippen LogP contribution in [0.1, 0.15) is 10.4 Å². The van der Waals surface area contributed by atoms with Crippen LogP contribution < -0.4 is 10.1 Å². The van der Waals surface area contributed by atoms with E-state index in [-0.39, 0.29) is 11.7 Å². The summed E-state index contributed by atoms with van der Waals surface area (Å²) in [5.74, 6) is -0.608. The molecule has 4 aromatic rings.